The molecule has 8 heteroatoms. The van der Waals surface area contributed by atoms with E-state index in [9.17, 15) is 14.4 Å². The Labute approximate surface area is 164 Å². The van der Waals surface area contributed by atoms with Gasteiger partial charge in [-0.15, -0.1) is 0 Å². The molecule has 1 aliphatic heterocycles. The molecule has 152 valence electrons. The second-order valence-electron chi connectivity index (χ2n) is 7.22. The third kappa shape index (κ3) is 3.90. The maximum absolute atomic E-state index is 13.0. The van der Waals surface area contributed by atoms with Crippen molar-refractivity contribution in [2.75, 3.05) is 45.2 Å². The number of amides is 3. The minimum absolute atomic E-state index is 0.167. The number of aryl methyl sites for hydroxylation is 1. The molecule has 0 atom stereocenters. The normalized spacial score (nSPS) is 17.7. The van der Waals surface area contributed by atoms with Crippen LogP contribution in [0.1, 0.15) is 25.3 Å². The number of nitrogens with zero attached hydrogens (tertiary/aromatic N) is 2. The maximum Gasteiger partial charge on any atom is 0.409 e. The van der Waals surface area contributed by atoms with Gasteiger partial charge in [-0.25, -0.2) is 4.79 Å². The van der Waals surface area contributed by atoms with Gasteiger partial charge >= 0.3 is 6.09 Å². The molecule has 1 saturated carbocycles. The number of methoxy groups -OCH3 is 1. The summed E-state index contributed by atoms with van der Waals surface area (Å²) in [5, 5.41) is 2.87. The molecule has 0 unspecified atom stereocenters. The van der Waals surface area contributed by atoms with Crippen LogP contribution in [0.3, 0.4) is 0 Å². The van der Waals surface area contributed by atoms with Gasteiger partial charge in [0.05, 0.1) is 19.4 Å². The number of carbonyl (C=O) groups excluding carboxylic acids is 3. The third-order valence-electron chi connectivity index (χ3n) is 5.29. The number of hydrogen-bond donors (Lipinski definition) is 1. The van der Waals surface area contributed by atoms with Gasteiger partial charge in [0.25, 0.3) is 0 Å². The molecule has 8 nitrogen and oxygen atoms in total. The van der Waals surface area contributed by atoms with Gasteiger partial charge in [-0.1, -0.05) is 6.07 Å². The summed E-state index contributed by atoms with van der Waals surface area (Å²) in [6.07, 6.45) is 0.702. The van der Waals surface area contributed by atoms with Gasteiger partial charge in [0.15, 0.2) is 0 Å². The highest BCUT2D eigenvalue weighted by Gasteiger charge is 2.58. The Morgan fingerprint density at radius 1 is 1.11 bits per heavy atom. The number of benzene rings is 1. The lowest BCUT2D eigenvalue weighted by molar-refractivity contribution is -0.143. The zero-order valence-electron chi connectivity index (χ0n) is 16.6. The van der Waals surface area contributed by atoms with Crippen molar-refractivity contribution in [2.45, 2.75) is 26.7 Å². The molecule has 1 aromatic carbocycles. The molecule has 1 heterocycles. The van der Waals surface area contributed by atoms with Crippen LogP contribution in [-0.4, -0.2) is 67.6 Å². The summed E-state index contributed by atoms with van der Waals surface area (Å²) < 4.78 is 10.3. The number of carbonyl (C=O) groups is 3. The van der Waals surface area contributed by atoms with Crippen molar-refractivity contribution in [3.05, 3.63) is 23.8 Å². The first kappa shape index (κ1) is 20.0. The lowest BCUT2D eigenvalue weighted by Gasteiger charge is -2.35. The largest absolute Gasteiger partial charge is 0.495 e. The first-order chi connectivity index (χ1) is 13.4. The molecule has 28 heavy (non-hydrogen) atoms. The highest BCUT2D eigenvalue weighted by atomic mass is 16.6. The fourth-order valence-electron chi connectivity index (χ4n) is 3.43. The van der Waals surface area contributed by atoms with Crippen LogP contribution in [0.5, 0.6) is 5.75 Å². The van der Waals surface area contributed by atoms with E-state index in [4.69, 9.17) is 9.47 Å². The standard InChI is InChI=1S/C20H27N3O5/c1-4-28-19(26)23-11-9-22(10-12-23)18(25)20(7-8-20)17(24)21-15-13-14(2)5-6-16(15)27-3/h5-6,13H,4,7-12H2,1-3H3,(H,21,24). The first-order valence-corrected chi connectivity index (χ1v) is 9.58. The molecule has 1 aliphatic carbocycles. The van der Waals surface area contributed by atoms with Gasteiger partial charge in [-0.3, -0.25) is 9.59 Å². The van der Waals surface area contributed by atoms with Crippen molar-refractivity contribution < 1.29 is 23.9 Å². The van der Waals surface area contributed by atoms with Gasteiger partial charge < -0.3 is 24.6 Å². The summed E-state index contributed by atoms with van der Waals surface area (Å²) in [4.78, 5) is 41.0. The number of anilines is 1. The first-order valence-electron chi connectivity index (χ1n) is 9.58. The molecule has 0 aromatic heterocycles. The quantitative estimate of drug-likeness (QED) is 0.779. The van der Waals surface area contributed by atoms with Crippen molar-refractivity contribution in [2.24, 2.45) is 5.41 Å². The van der Waals surface area contributed by atoms with Gasteiger partial charge in [0, 0.05) is 26.2 Å². The van der Waals surface area contributed by atoms with Gasteiger partial charge in [0.2, 0.25) is 11.8 Å². The van der Waals surface area contributed by atoms with Crippen LogP contribution in [-0.2, 0) is 14.3 Å². The molecule has 2 fully saturated rings. The zero-order chi connectivity index (χ0) is 20.3. The van der Waals surface area contributed by atoms with Crippen molar-refractivity contribution in [3.8, 4) is 5.75 Å². The molecule has 2 aliphatic rings. The minimum atomic E-state index is -1.01. The fourth-order valence-corrected chi connectivity index (χ4v) is 3.43. The minimum Gasteiger partial charge on any atom is -0.495 e. The molecule has 3 amide bonds. The van der Waals surface area contributed by atoms with Gasteiger partial charge in [-0.2, -0.15) is 0 Å². The van der Waals surface area contributed by atoms with Crippen LogP contribution >= 0.6 is 0 Å². The summed E-state index contributed by atoms with van der Waals surface area (Å²) in [5.74, 6) is 0.0969. The lowest BCUT2D eigenvalue weighted by atomic mass is 10.0. The van der Waals surface area contributed by atoms with E-state index in [2.05, 4.69) is 5.32 Å². The lowest BCUT2D eigenvalue weighted by Crippen LogP contribution is -2.53. The number of hydrogen-bond acceptors (Lipinski definition) is 5. The molecule has 1 saturated heterocycles. The Hall–Kier alpha value is -2.77. The van der Waals surface area contributed by atoms with E-state index in [0.717, 1.165) is 5.56 Å². The Morgan fingerprint density at radius 2 is 1.75 bits per heavy atom. The summed E-state index contributed by atoms with van der Waals surface area (Å²) in [6, 6.07) is 5.52. The molecule has 0 radical (unpaired) electrons. The van der Waals surface area contributed by atoms with E-state index < -0.39 is 5.41 Å². The highest BCUT2D eigenvalue weighted by Crippen LogP contribution is 2.48. The second-order valence-corrected chi connectivity index (χ2v) is 7.22. The molecule has 0 bridgehead atoms. The Morgan fingerprint density at radius 3 is 2.32 bits per heavy atom. The topological polar surface area (TPSA) is 88.2 Å². The van der Waals surface area contributed by atoms with Crippen LogP contribution in [0.4, 0.5) is 10.5 Å². The maximum atomic E-state index is 13.0. The van der Waals surface area contributed by atoms with E-state index in [1.54, 1.807) is 29.9 Å². The van der Waals surface area contributed by atoms with Crippen LogP contribution in [0.15, 0.2) is 18.2 Å². The molecule has 1 N–H and O–H groups in total. The summed E-state index contributed by atoms with van der Waals surface area (Å²) in [6.45, 7) is 5.64. The highest BCUT2D eigenvalue weighted by molar-refractivity contribution is 6.13. The van der Waals surface area contributed by atoms with Crippen molar-refractivity contribution >= 4 is 23.6 Å². The van der Waals surface area contributed by atoms with E-state index in [1.165, 1.54) is 0 Å². The Balaban J connectivity index is 1.64. The van der Waals surface area contributed by atoms with Crippen LogP contribution in [0, 0.1) is 12.3 Å². The average Bonchev–Trinajstić information content (AvgIpc) is 3.50. The Kier molecular flexibility index (Phi) is 5.76. The number of ether oxygens (including phenoxy) is 2. The summed E-state index contributed by atoms with van der Waals surface area (Å²) in [5.41, 5.74) is 0.544. The molecule has 3 rings (SSSR count). The smallest absolute Gasteiger partial charge is 0.409 e. The number of piperazine rings is 1. The van der Waals surface area contributed by atoms with Crippen LogP contribution in [0.25, 0.3) is 0 Å². The fraction of sp³-hybridized carbons (Fsp3) is 0.550. The van der Waals surface area contributed by atoms with E-state index in [-0.39, 0.29) is 17.9 Å². The van der Waals surface area contributed by atoms with Gasteiger partial charge in [-0.05, 0) is 44.4 Å². The van der Waals surface area contributed by atoms with Crippen LogP contribution < -0.4 is 10.1 Å². The molecular formula is C20H27N3O5. The number of nitrogens with one attached hydrogen (secondary N) is 1. The number of rotatable bonds is 5. The summed E-state index contributed by atoms with van der Waals surface area (Å²) >= 11 is 0. The van der Waals surface area contributed by atoms with E-state index >= 15 is 0 Å². The molecule has 1 aromatic rings. The van der Waals surface area contributed by atoms with Gasteiger partial charge in [0.1, 0.15) is 11.2 Å². The Bertz CT molecular complexity index is 767. The van der Waals surface area contributed by atoms with E-state index in [0.29, 0.717) is 57.1 Å². The SMILES string of the molecule is CCOC(=O)N1CCN(C(=O)C2(C(=O)Nc3cc(C)ccc3OC)CC2)CC1. The zero-order valence-corrected chi connectivity index (χ0v) is 16.6. The van der Waals surface area contributed by atoms with Crippen molar-refractivity contribution in [1.82, 2.24) is 9.80 Å². The monoisotopic (exact) mass is 389 g/mol. The average molecular weight is 389 g/mol. The predicted octanol–water partition coefficient (Wildman–Crippen LogP) is 2.02. The molecular weight excluding hydrogens is 362 g/mol. The van der Waals surface area contributed by atoms with Crippen molar-refractivity contribution in [3.63, 3.8) is 0 Å². The van der Waals surface area contributed by atoms with E-state index in [1.807, 2.05) is 19.1 Å². The van der Waals surface area contributed by atoms with Crippen LogP contribution in [0.2, 0.25) is 0 Å². The van der Waals surface area contributed by atoms with Crippen molar-refractivity contribution in [1.29, 1.82) is 0 Å². The second kappa shape index (κ2) is 8.08. The third-order valence-corrected chi connectivity index (χ3v) is 5.29. The predicted molar refractivity (Wildman–Crippen MR) is 103 cm³/mol. The summed E-state index contributed by atoms with van der Waals surface area (Å²) in [7, 11) is 1.54. The molecule has 0 spiro atoms.